The molecule has 0 unspecified atom stereocenters. The molecule has 0 aliphatic rings. The molecule has 1 aromatic rings. The van der Waals surface area contributed by atoms with Gasteiger partial charge < -0.3 is 10.1 Å². The molecule has 0 aliphatic carbocycles. The van der Waals surface area contributed by atoms with Crippen LogP contribution in [-0.4, -0.2) is 36.4 Å². The Bertz CT molecular complexity index is 343. The number of thioether (sulfide) groups is 1. The maximum absolute atomic E-state index is 11.2. The van der Waals surface area contributed by atoms with E-state index in [-0.39, 0.29) is 0 Å². The summed E-state index contributed by atoms with van der Waals surface area (Å²) in [5, 5.41) is 3.43. The third-order valence-corrected chi connectivity index (χ3v) is 2.15. The maximum Gasteiger partial charge on any atom is 0.343 e. The molecule has 1 N–H and O–H groups in total. The van der Waals surface area contributed by atoms with Crippen molar-refractivity contribution in [2.45, 2.75) is 5.16 Å². The number of rotatable bonds is 3. The Labute approximate surface area is 86.3 Å². The molecular formula is C8H11N3O2S. The summed E-state index contributed by atoms with van der Waals surface area (Å²) >= 11 is 1.41. The Balaban J connectivity index is 3.11. The summed E-state index contributed by atoms with van der Waals surface area (Å²) in [7, 11) is 3.02. The first-order valence-electron chi connectivity index (χ1n) is 3.90. The van der Waals surface area contributed by atoms with Crippen LogP contribution >= 0.6 is 11.8 Å². The van der Waals surface area contributed by atoms with Crippen LogP contribution in [0, 0.1) is 0 Å². The molecule has 0 radical (unpaired) electrons. The molecule has 0 aromatic carbocycles. The zero-order valence-corrected chi connectivity index (χ0v) is 9.01. The van der Waals surface area contributed by atoms with Gasteiger partial charge >= 0.3 is 5.97 Å². The van der Waals surface area contributed by atoms with E-state index in [2.05, 4.69) is 20.0 Å². The highest BCUT2D eigenvalue weighted by Gasteiger charge is 2.13. The van der Waals surface area contributed by atoms with Crippen molar-refractivity contribution in [1.82, 2.24) is 9.97 Å². The van der Waals surface area contributed by atoms with Gasteiger partial charge in [-0.15, -0.1) is 0 Å². The van der Waals surface area contributed by atoms with Crippen molar-refractivity contribution in [3.05, 3.63) is 11.8 Å². The molecule has 0 atom stereocenters. The molecular weight excluding hydrogens is 202 g/mol. The quantitative estimate of drug-likeness (QED) is 0.459. The second kappa shape index (κ2) is 4.80. The fourth-order valence-corrected chi connectivity index (χ4v) is 1.25. The molecule has 0 saturated heterocycles. The van der Waals surface area contributed by atoms with E-state index >= 15 is 0 Å². The zero-order chi connectivity index (χ0) is 10.6. The summed E-state index contributed by atoms with van der Waals surface area (Å²) in [4.78, 5) is 19.3. The van der Waals surface area contributed by atoms with Crippen LogP contribution in [0.4, 0.5) is 5.82 Å². The molecule has 1 aromatic heterocycles. The number of anilines is 1. The topological polar surface area (TPSA) is 64.1 Å². The molecule has 5 nitrogen and oxygen atoms in total. The van der Waals surface area contributed by atoms with E-state index < -0.39 is 5.97 Å². The fraction of sp³-hybridized carbons (Fsp3) is 0.375. The minimum absolute atomic E-state index is 0.341. The molecule has 76 valence electrons. The van der Waals surface area contributed by atoms with E-state index in [9.17, 15) is 4.79 Å². The van der Waals surface area contributed by atoms with E-state index in [1.165, 1.54) is 25.1 Å². The van der Waals surface area contributed by atoms with Crippen molar-refractivity contribution in [3.63, 3.8) is 0 Å². The highest BCUT2D eigenvalue weighted by atomic mass is 32.2. The van der Waals surface area contributed by atoms with Gasteiger partial charge in [-0.2, -0.15) is 0 Å². The summed E-state index contributed by atoms with van der Waals surface area (Å²) in [6, 6.07) is 0. The number of hydrogen-bond donors (Lipinski definition) is 1. The molecule has 0 saturated carbocycles. The number of carbonyl (C=O) groups is 1. The van der Waals surface area contributed by atoms with Crippen LogP contribution in [0.1, 0.15) is 10.4 Å². The SMILES string of the molecule is CNc1nc(SC)ncc1C(=O)OC. The van der Waals surface area contributed by atoms with Crippen molar-refractivity contribution in [2.75, 3.05) is 25.7 Å². The van der Waals surface area contributed by atoms with Gasteiger partial charge in [0.25, 0.3) is 0 Å². The summed E-state index contributed by atoms with van der Waals surface area (Å²) < 4.78 is 4.59. The smallest absolute Gasteiger partial charge is 0.343 e. The van der Waals surface area contributed by atoms with Crippen LogP contribution in [0.15, 0.2) is 11.4 Å². The average molecular weight is 213 g/mol. The Morgan fingerprint density at radius 1 is 1.64 bits per heavy atom. The second-order valence-corrected chi connectivity index (χ2v) is 3.13. The van der Waals surface area contributed by atoms with Crippen molar-refractivity contribution >= 4 is 23.5 Å². The molecule has 1 rings (SSSR count). The lowest BCUT2D eigenvalue weighted by Crippen LogP contribution is -2.08. The Morgan fingerprint density at radius 3 is 2.86 bits per heavy atom. The van der Waals surface area contributed by atoms with Gasteiger partial charge in [0.15, 0.2) is 5.16 Å². The first kappa shape index (κ1) is 10.8. The maximum atomic E-state index is 11.2. The molecule has 0 spiro atoms. The molecule has 14 heavy (non-hydrogen) atoms. The van der Waals surface area contributed by atoms with Gasteiger partial charge in [0.05, 0.1) is 7.11 Å². The van der Waals surface area contributed by atoms with E-state index in [0.29, 0.717) is 16.5 Å². The van der Waals surface area contributed by atoms with E-state index in [1.54, 1.807) is 7.05 Å². The summed E-state index contributed by atoms with van der Waals surface area (Å²) in [6.45, 7) is 0. The highest BCUT2D eigenvalue weighted by Crippen LogP contribution is 2.16. The van der Waals surface area contributed by atoms with Gasteiger partial charge in [-0.05, 0) is 6.26 Å². The average Bonchev–Trinajstić information content (AvgIpc) is 2.27. The molecule has 1 heterocycles. The molecule has 0 bridgehead atoms. The number of ether oxygens (including phenoxy) is 1. The predicted molar refractivity (Wildman–Crippen MR) is 54.7 cm³/mol. The van der Waals surface area contributed by atoms with E-state index in [0.717, 1.165) is 0 Å². The van der Waals surface area contributed by atoms with E-state index in [4.69, 9.17) is 0 Å². The standard InChI is InChI=1S/C8H11N3O2S/c1-9-6-5(7(12)13-2)4-10-8(11-6)14-3/h4H,1-3H3,(H,9,10,11). The van der Waals surface area contributed by atoms with Gasteiger partial charge in [-0.1, -0.05) is 11.8 Å². The van der Waals surface area contributed by atoms with Gasteiger partial charge in [-0.3, -0.25) is 0 Å². The lowest BCUT2D eigenvalue weighted by Gasteiger charge is -2.06. The minimum Gasteiger partial charge on any atom is -0.465 e. The monoisotopic (exact) mass is 213 g/mol. The lowest BCUT2D eigenvalue weighted by molar-refractivity contribution is 0.0600. The number of carbonyl (C=O) groups excluding carboxylic acids is 1. The fourth-order valence-electron chi connectivity index (χ4n) is 0.914. The third-order valence-electron chi connectivity index (χ3n) is 1.59. The minimum atomic E-state index is -0.443. The van der Waals surface area contributed by atoms with Crippen LogP contribution in [0.2, 0.25) is 0 Å². The van der Waals surface area contributed by atoms with Crippen LogP contribution in [0.3, 0.4) is 0 Å². The van der Waals surface area contributed by atoms with Crippen LogP contribution in [0.5, 0.6) is 0 Å². The highest BCUT2D eigenvalue weighted by molar-refractivity contribution is 7.98. The summed E-state index contributed by atoms with van der Waals surface area (Å²) in [6.07, 6.45) is 3.32. The van der Waals surface area contributed by atoms with Crippen LogP contribution in [0.25, 0.3) is 0 Å². The summed E-state index contributed by atoms with van der Waals surface area (Å²) in [5.74, 6) is 0.0400. The van der Waals surface area contributed by atoms with Crippen molar-refractivity contribution in [2.24, 2.45) is 0 Å². The van der Waals surface area contributed by atoms with Gasteiger partial charge in [0, 0.05) is 13.2 Å². The normalized spacial score (nSPS) is 9.64. The van der Waals surface area contributed by atoms with E-state index in [1.807, 2.05) is 6.26 Å². The number of aromatic nitrogens is 2. The molecule has 0 fully saturated rings. The Kier molecular flexibility index (Phi) is 3.70. The Morgan fingerprint density at radius 2 is 2.36 bits per heavy atom. The lowest BCUT2D eigenvalue weighted by atomic mass is 10.3. The van der Waals surface area contributed by atoms with Crippen LogP contribution in [-0.2, 0) is 4.74 Å². The number of nitrogens with zero attached hydrogens (tertiary/aromatic N) is 2. The number of hydrogen-bond acceptors (Lipinski definition) is 6. The predicted octanol–water partition coefficient (Wildman–Crippen LogP) is 1.03. The Hall–Kier alpha value is -1.30. The van der Waals surface area contributed by atoms with Gasteiger partial charge in [-0.25, -0.2) is 14.8 Å². The van der Waals surface area contributed by atoms with Gasteiger partial charge in [0.2, 0.25) is 0 Å². The third kappa shape index (κ3) is 2.14. The number of esters is 1. The first-order chi connectivity index (χ1) is 6.72. The van der Waals surface area contributed by atoms with Crippen molar-refractivity contribution in [3.8, 4) is 0 Å². The molecule has 0 aliphatic heterocycles. The largest absolute Gasteiger partial charge is 0.465 e. The number of nitrogens with one attached hydrogen (secondary N) is 1. The number of methoxy groups -OCH3 is 1. The van der Waals surface area contributed by atoms with Crippen molar-refractivity contribution < 1.29 is 9.53 Å². The molecule has 0 amide bonds. The second-order valence-electron chi connectivity index (χ2n) is 2.36. The summed E-state index contributed by atoms with van der Waals surface area (Å²) in [5.41, 5.74) is 0.341. The van der Waals surface area contributed by atoms with Crippen LogP contribution < -0.4 is 5.32 Å². The molecule has 6 heteroatoms. The van der Waals surface area contributed by atoms with Gasteiger partial charge in [0.1, 0.15) is 11.4 Å². The zero-order valence-electron chi connectivity index (χ0n) is 8.20. The van der Waals surface area contributed by atoms with Crippen molar-refractivity contribution in [1.29, 1.82) is 0 Å². The first-order valence-corrected chi connectivity index (χ1v) is 5.12.